The monoisotopic (exact) mass is 380 g/mol. The number of benzene rings is 1. The summed E-state index contributed by atoms with van der Waals surface area (Å²) in [7, 11) is 0. The van der Waals surface area contributed by atoms with Gasteiger partial charge in [0.2, 0.25) is 11.9 Å². The van der Waals surface area contributed by atoms with Gasteiger partial charge in [-0.2, -0.15) is 0 Å². The highest BCUT2D eigenvalue weighted by molar-refractivity contribution is 5.79. The predicted molar refractivity (Wildman–Crippen MR) is 108 cm³/mol. The molecule has 148 valence electrons. The van der Waals surface area contributed by atoms with Gasteiger partial charge in [-0.05, 0) is 55.4 Å². The number of amides is 1. The standard InChI is InChI=1S/C22H28N4O2/c1-15-3-4-17(11-16(15)2)13-23-21(27)18-5-6-20-19(12-18)14-24-22(25-20)26-7-9-28-10-8-26/h3-4,11,14,18H,5-10,12-13H2,1-2H3,(H,23,27). The molecule has 1 aliphatic heterocycles. The van der Waals surface area contributed by atoms with Crippen molar-refractivity contribution < 1.29 is 9.53 Å². The molecule has 1 N–H and O–H groups in total. The van der Waals surface area contributed by atoms with Crippen molar-refractivity contribution in [1.82, 2.24) is 15.3 Å². The molecule has 4 rings (SSSR count). The van der Waals surface area contributed by atoms with Crippen LogP contribution < -0.4 is 10.2 Å². The number of carbonyl (C=O) groups is 1. The molecule has 0 bridgehead atoms. The van der Waals surface area contributed by atoms with Crippen LogP contribution in [0.25, 0.3) is 0 Å². The highest BCUT2D eigenvalue weighted by Gasteiger charge is 2.26. The third kappa shape index (κ3) is 4.17. The Bertz CT molecular complexity index is 862. The van der Waals surface area contributed by atoms with Crippen LogP contribution in [0.15, 0.2) is 24.4 Å². The maximum Gasteiger partial charge on any atom is 0.225 e. The van der Waals surface area contributed by atoms with Crippen LogP contribution in [-0.4, -0.2) is 42.2 Å². The van der Waals surface area contributed by atoms with E-state index in [2.05, 4.69) is 47.2 Å². The molecule has 0 spiro atoms. The van der Waals surface area contributed by atoms with E-state index in [-0.39, 0.29) is 11.8 Å². The quantitative estimate of drug-likeness (QED) is 0.882. The van der Waals surface area contributed by atoms with Gasteiger partial charge >= 0.3 is 0 Å². The van der Waals surface area contributed by atoms with Gasteiger partial charge in [-0.15, -0.1) is 0 Å². The second kappa shape index (κ2) is 8.27. The molecular formula is C22H28N4O2. The maximum absolute atomic E-state index is 12.7. The minimum Gasteiger partial charge on any atom is -0.378 e. The van der Waals surface area contributed by atoms with Crippen molar-refractivity contribution in [1.29, 1.82) is 0 Å². The van der Waals surface area contributed by atoms with Gasteiger partial charge < -0.3 is 15.0 Å². The summed E-state index contributed by atoms with van der Waals surface area (Å²) in [5, 5.41) is 3.11. The fraction of sp³-hybridized carbons (Fsp3) is 0.500. The van der Waals surface area contributed by atoms with Gasteiger partial charge in [0.1, 0.15) is 0 Å². The van der Waals surface area contributed by atoms with Crippen LogP contribution in [-0.2, 0) is 28.9 Å². The molecule has 0 saturated carbocycles. The fourth-order valence-corrected chi connectivity index (χ4v) is 3.88. The zero-order valence-electron chi connectivity index (χ0n) is 16.7. The van der Waals surface area contributed by atoms with Gasteiger partial charge in [-0.1, -0.05) is 18.2 Å². The molecule has 1 amide bonds. The molecule has 1 aliphatic carbocycles. The molecule has 1 saturated heterocycles. The molecule has 1 fully saturated rings. The van der Waals surface area contributed by atoms with Crippen molar-refractivity contribution >= 4 is 11.9 Å². The molecule has 28 heavy (non-hydrogen) atoms. The van der Waals surface area contributed by atoms with E-state index in [4.69, 9.17) is 9.72 Å². The first-order valence-corrected chi connectivity index (χ1v) is 10.1. The fourth-order valence-electron chi connectivity index (χ4n) is 3.88. The van der Waals surface area contributed by atoms with Crippen molar-refractivity contribution in [2.45, 2.75) is 39.7 Å². The number of carbonyl (C=O) groups excluding carboxylic acids is 1. The van der Waals surface area contributed by atoms with Crippen molar-refractivity contribution in [3.63, 3.8) is 0 Å². The van der Waals surface area contributed by atoms with Crippen LogP contribution in [0.3, 0.4) is 0 Å². The van der Waals surface area contributed by atoms with Gasteiger partial charge in [0.15, 0.2) is 0 Å². The van der Waals surface area contributed by atoms with Gasteiger partial charge in [0, 0.05) is 37.4 Å². The topological polar surface area (TPSA) is 67.4 Å². The van der Waals surface area contributed by atoms with Crippen molar-refractivity contribution in [2.75, 3.05) is 31.2 Å². The predicted octanol–water partition coefficient (Wildman–Crippen LogP) is 2.35. The first-order chi connectivity index (χ1) is 13.6. The Balaban J connectivity index is 1.36. The highest BCUT2D eigenvalue weighted by Crippen LogP contribution is 2.26. The van der Waals surface area contributed by atoms with E-state index < -0.39 is 0 Å². The first kappa shape index (κ1) is 18.9. The van der Waals surface area contributed by atoms with E-state index in [0.29, 0.717) is 6.54 Å². The van der Waals surface area contributed by atoms with E-state index in [1.807, 2.05) is 6.20 Å². The second-order valence-electron chi connectivity index (χ2n) is 7.82. The van der Waals surface area contributed by atoms with Crippen molar-refractivity contribution in [3.8, 4) is 0 Å². The summed E-state index contributed by atoms with van der Waals surface area (Å²) in [4.78, 5) is 24.2. The van der Waals surface area contributed by atoms with E-state index in [9.17, 15) is 4.79 Å². The average Bonchev–Trinajstić information content (AvgIpc) is 2.74. The third-order valence-corrected chi connectivity index (χ3v) is 5.84. The Labute approximate surface area is 166 Å². The summed E-state index contributed by atoms with van der Waals surface area (Å²) >= 11 is 0. The molecule has 6 nitrogen and oxygen atoms in total. The number of morpholine rings is 1. The summed E-state index contributed by atoms with van der Waals surface area (Å²) in [5.74, 6) is 0.915. The lowest BCUT2D eigenvalue weighted by Gasteiger charge is -2.28. The van der Waals surface area contributed by atoms with Gasteiger partial charge in [0.05, 0.1) is 13.2 Å². The van der Waals surface area contributed by atoms with Gasteiger partial charge in [0.25, 0.3) is 0 Å². The molecule has 2 aliphatic rings. The number of nitrogens with one attached hydrogen (secondary N) is 1. The molecular weight excluding hydrogens is 352 g/mol. The number of ether oxygens (including phenoxy) is 1. The average molecular weight is 380 g/mol. The van der Waals surface area contributed by atoms with E-state index in [1.54, 1.807) is 0 Å². The SMILES string of the molecule is Cc1ccc(CNC(=O)C2CCc3nc(N4CCOCC4)ncc3C2)cc1C. The first-order valence-electron chi connectivity index (χ1n) is 10.1. The molecule has 1 unspecified atom stereocenters. The molecule has 1 atom stereocenters. The number of rotatable bonds is 4. The summed E-state index contributed by atoms with van der Waals surface area (Å²) < 4.78 is 5.40. The van der Waals surface area contributed by atoms with Gasteiger partial charge in [-0.25, -0.2) is 9.97 Å². The highest BCUT2D eigenvalue weighted by atomic mass is 16.5. The Morgan fingerprint density at radius 1 is 1.25 bits per heavy atom. The number of hydrogen-bond donors (Lipinski definition) is 1. The Hall–Kier alpha value is -2.47. The van der Waals surface area contributed by atoms with Crippen LogP contribution in [0, 0.1) is 19.8 Å². The molecule has 1 aromatic heterocycles. The van der Waals surface area contributed by atoms with E-state index >= 15 is 0 Å². The zero-order chi connectivity index (χ0) is 19.5. The Kier molecular flexibility index (Phi) is 5.57. The third-order valence-electron chi connectivity index (χ3n) is 5.84. The van der Waals surface area contributed by atoms with Crippen LogP contribution in [0.4, 0.5) is 5.95 Å². The molecule has 6 heteroatoms. The normalized spacial score (nSPS) is 19.2. The zero-order valence-corrected chi connectivity index (χ0v) is 16.7. The van der Waals surface area contributed by atoms with Crippen molar-refractivity contribution in [3.05, 3.63) is 52.3 Å². The lowest BCUT2D eigenvalue weighted by atomic mass is 9.86. The minimum atomic E-state index is -0.00289. The van der Waals surface area contributed by atoms with Gasteiger partial charge in [-0.3, -0.25) is 4.79 Å². The Morgan fingerprint density at radius 3 is 2.86 bits per heavy atom. The number of nitrogens with zero attached hydrogens (tertiary/aromatic N) is 3. The number of fused-ring (bicyclic) bond motifs is 1. The maximum atomic E-state index is 12.7. The second-order valence-corrected chi connectivity index (χ2v) is 7.82. The largest absolute Gasteiger partial charge is 0.378 e. The lowest BCUT2D eigenvalue weighted by Crippen LogP contribution is -2.38. The summed E-state index contributed by atoms with van der Waals surface area (Å²) in [5.41, 5.74) is 5.87. The summed E-state index contributed by atoms with van der Waals surface area (Å²) in [6, 6.07) is 6.34. The van der Waals surface area contributed by atoms with Crippen molar-refractivity contribution in [2.24, 2.45) is 5.92 Å². The summed E-state index contributed by atoms with van der Waals surface area (Å²) in [6.45, 7) is 7.90. The van der Waals surface area contributed by atoms with E-state index in [1.165, 1.54) is 11.1 Å². The smallest absolute Gasteiger partial charge is 0.225 e. The van der Waals surface area contributed by atoms with Crippen LogP contribution in [0.2, 0.25) is 0 Å². The minimum absolute atomic E-state index is 0.00289. The number of hydrogen-bond acceptors (Lipinski definition) is 5. The number of anilines is 1. The molecule has 2 heterocycles. The molecule has 1 aromatic carbocycles. The van der Waals surface area contributed by atoms with E-state index in [0.717, 1.165) is 68.3 Å². The van der Waals surface area contributed by atoms with Crippen LogP contribution >= 0.6 is 0 Å². The van der Waals surface area contributed by atoms with Crippen LogP contribution in [0.1, 0.15) is 34.4 Å². The van der Waals surface area contributed by atoms with Crippen LogP contribution in [0.5, 0.6) is 0 Å². The lowest BCUT2D eigenvalue weighted by molar-refractivity contribution is -0.125. The molecule has 2 aromatic rings. The Morgan fingerprint density at radius 2 is 2.07 bits per heavy atom. The number of aryl methyl sites for hydroxylation is 3. The molecule has 0 radical (unpaired) electrons. The number of aromatic nitrogens is 2. The summed E-state index contributed by atoms with van der Waals surface area (Å²) in [6.07, 6.45) is 4.30.